The quantitative estimate of drug-likeness (QED) is 0.648. The van der Waals surface area contributed by atoms with Crippen molar-refractivity contribution in [1.29, 1.82) is 0 Å². The van der Waals surface area contributed by atoms with Crippen LogP contribution in [0.5, 0.6) is 0 Å². The fraction of sp³-hybridized carbons (Fsp3) is 0. The van der Waals surface area contributed by atoms with E-state index < -0.39 is 0 Å². The highest BCUT2D eigenvalue weighted by Crippen LogP contribution is 2.22. The van der Waals surface area contributed by atoms with Gasteiger partial charge in [0.05, 0.1) is 10.7 Å². The Balaban J connectivity index is 2.38. The van der Waals surface area contributed by atoms with Crippen LogP contribution in [0.3, 0.4) is 0 Å². The molecule has 0 aliphatic carbocycles. The molecule has 1 heterocycles. The largest absolute Gasteiger partial charge is 0.291 e. The topological polar surface area (TPSA) is 76.7 Å². The van der Waals surface area contributed by atoms with Crippen molar-refractivity contribution >= 4 is 21.9 Å². The van der Waals surface area contributed by atoms with Gasteiger partial charge >= 0.3 is 0 Å². The SMILES string of the molecule is NNc1ncc(-c2ccc(Br)c(F)c2)nn1. The third kappa shape index (κ3) is 2.15. The van der Waals surface area contributed by atoms with E-state index in [1.54, 1.807) is 12.1 Å². The van der Waals surface area contributed by atoms with Gasteiger partial charge in [0.25, 0.3) is 5.95 Å². The predicted octanol–water partition coefficient (Wildman–Crippen LogP) is 1.73. The number of nitrogen functional groups attached to an aromatic ring is 1. The fourth-order valence-corrected chi connectivity index (χ4v) is 1.38. The lowest BCUT2D eigenvalue weighted by atomic mass is 10.2. The number of benzene rings is 1. The highest BCUT2D eigenvalue weighted by Gasteiger charge is 2.05. The average Bonchev–Trinajstić information content (AvgIpc) is 2.33. The number of nitrogens with two attached hydrogens (primary N) is 1. The Bertz CT molecular complexity index is 502. The number of hydrogen-bond donors (Lipinski definition) is 2. The smallest absolute Gasteiger partial charge is 0.256 e. The van der Waals surface area contributed by atoms with Gasteiger partial charge in [0.2, 0.25) is 0 Å². The van der Waals surface area contributed by atoms with Gasteiger partial charge in [0.15, 0.2) is 0 Å². The summed E-state index contributed by atoms with van der Waals surface area (Å²) in [5.74, 6) is 4.95. The summed E-state index contributed by atoms with van der Waals surface area (Å²) in [6, 6.07) is 4.67. The number of rotatable bonds is 2. The highest BCUT2D eigenvalue weighted by molar-refractivity contribution is 9.10. The molecular weight excluding hydrogens is 277 g/mol. The van der Waals surface area contributed by atoms with Gasteiger partial charge in [-0.25, -0.2) is 15.2 Å². The standard InChI is InChI=1S/C9H7BrFN5/c10-6-2-1-5(3-7(6)11)8-4-13-9(14-12)16-15-8/h1-4H,12H2,(H,13,14,16). The molecule has 2 rings (SSSR count). The van der Waals surface area contributed by atoms with Gasteiger partial charge in [-0.2, -0.15) is 0 Å². The molecule has 0 saturated carbocycles. The van der Waals surface area contributed by atoms with E-state index in [2.05, 4.69) is 36.5 Å². The third-order valence-electron chi connectivity index (χ3n) is 1.91. The summed E-state index contributed by atoms with van der Waals surface area (Å²) in [5.41, 5.74) is 3.34. The van der Waals surface area contributed by atoms with Gasteiger partial charge in [-0.15, -0.1) is 10.2 Å². The maximum Gasteiger partial charge on any atom is 0.256 e. The zero-order chi connectivity index (χ0) is 11.5. The van der Waals surface area contributed by atoms with Crippen LogP contribution in [-0.4, -0.2) is 15.2 Å². The van der Waals surface area contributed by atoms with Crippen molar-refractivity contribution in [3.05, 3.63) is 34.7 Å². The molecule has 0 saturated heterocycles. The van der Waals surface area contributed by atoms with E-state index in [1.807, 2.05) is 0 Å². The van der Waals surface area contributed by atoms with Crippen molar-refractivity contribution in [1.82, 2.24) is 15.2 Å². The average molecular weight is 284 g/mol. The molecule has 16 heavy (non-hydrogen) atoms. The summed E-state index contributed by atoms with van der Waals surface area (Å²) in [4.78, 5) is 3.88. The summed E-state index contributed by atoms with van der Waals surface area (Å²) in [6.45, 7) is 0. The number of aromatic nitrogens is 3. The Morgan fingerprint density at radius 1 is 1.31 bits per heavy atom. The molecule has 5 nitrogen and oxygen atoms in total. The van der Waals surface area contributed by atoms with E-state index in [4.69, 9.17) is 5.84 Å². The van der Waals surface area contributed by atoms with Crippen molar-refractivity contribution in [2.24, 2.45) is 5.84 Å². The molecule has 0 aliphatic rings. The second kappa shape index (κ2) is 4.50. The second-order valence-electron chi connectivity index (χ2n) is 2.94. The first kappa shape index (κ1) is 10.9. The van der Waals surface area contributed by atoms with Crippen molar-refractivity contribution < 1.29 is 4.39 Å². The molecule has 0 spiro atoms. The maximum absolute atomic E-state index is 13.3. The Labute approximate surface area is 99.0 Å². The van der Waals surface area contributed by atoms with Crippen LogP contribution in [0.25, 0.3) is 11.3 Å². The van der Waals surface area contributed by atoms with Gasteiger partial charge in [-0.1, -0.05) is 6.07 Å². The van der Waals surface area contributed by atoms with Gasteiger partial charge in [0, 0.05) is 5.56 Å². The maximum atomic E-state index is 13.3. The monoisotopic (exact) mass is 283 g/mol. The number of hydrogen-bond acceptors (Lipinski definition) is 5. The van der Waals surface area contributed by atoms with Crippen molar-refractivity contribution in [3.63, 3.8) is 0 Å². The zero-order valence-electron chi connectivity index (χ0n) is 7.98. The molecule has 0 atom stereocenters. The number of nitrogens with zero attached hydrogens (tertiary/aromatic N) is 3. The first-order valence-electron chi connectivity index (χ1n) is 4.32. The minimum absolute atomic E-state index is 0.210. The van der Waals surface area contributed by atoms with Gasteiger partial charge < -0.3 is 0 Å². The first-order chi connectivity index (χ1) is 7.70. The lowest BCUT2D eigenvalue weighted by Gasteiger charge is -2.01. The lowest BCUT2D eigenvalue weighted by molar-refractivity contribution is 0.621. The number of anilines is 1. The summed E-state index contributed by atoms with van der Waals surface area (Å²) >= 11 is 3.07. The minimum atomic E-state index is -0.361. The lowest BCUT2D eigenvalue weighted by Crippen LogP contribution is -2.11. The predicted molar refractivity (Wildman–Crippen MR) is 60.7 cm³/mol. The summed E-state index contributed by atoms with van der Waals surface area (Å²) in [7, 11) is 0. The molecule has 82 valence electrons. The van der Waals surface area contributed by atoms with Crippen LogP contribution in [0.15, 0.2) is 28.9 Å². The first-order valence-corrected chi connectivity index (χ1v) is 5.12. The summed E-state index contributed by atoms with van der Waals surface area (Å²) in [5, 5.41) is 7.55. The molecule has 0 fully saturated rings. The van der Waals surface area contributed by atoms with Gasteiger partial charge in [-0.05, 0) is 28.1 Å². The normalized spacial score (nSPS) is 10.2. The molecule has 1 aromatic heterocycles. The second-order valence-corrected chi connectivity index (χ2v) is 3.79. The van der Waals surface area contributed by atoms with Crippen molar-refractivity contribution in [2.75, 3.05) is 5.43 Å². The molecule has 3 N–H and O–H groups in total. The van der Waals surface area contributed by atoms with Crippen molar-refractivity contribution in [2.45, 2.75) is 0 Å². The molecule has 7 heteroatoms. The number of halogens is 2. The van der Waals surface area contributed by atoms with E-state index >= 15 is 0 Å². The Hall–Kier alpha value is -1.60. The third-order valence-corrected chi connectivity index (χ3v) is 2.55. The molecular formula is C9H7BrFN5. The van der Waals surface area contributed by atoms with Crippen LogP contribution in [0.1, 0.15) is 0 Å². The molecule has 2 aromatic rings. The molecule has 0 radical (unpaired) electrons. The summed E-state index contributed by atoms with van der Waals surface area (Å²) < 4.78 is 13.7. The van der Waals surface area contributed by atoms with Crippen LogP contribution in [0.4, 0.5) is 10.3 Å². The Kier molecular flexibility index (Phi) is 3.07. The summed E-state index contributed by atoms with van der Waals surface area (Å²) in [6.07, 6.45) is 1.46. The van der Waals surface area contributed by atoms with Gasteiger partial charge in [-0.3, -0.25) is 5.43 Å². The van der Waals surface area contributed by atoms with Crippen LogP contribution in [0, 0.1) is 5.82 Å². The van der Waals surface area contributed by atoms with Crippen LogP contribution < -0.4 is 11.3 Å². The number of hydrazine groups is 1. The van der Waals surface area contributed by atoms with E-state index in [0.29, 0.717) is 15.7 Å². The molecule has 0 bridgehead atoms. The van der Waals surface area contributed by atoms with E-state index in [0.717, 1.165) is 0 Å². The van der Waals surface area contributed by atoms with E-state index in [1.165, 1.54) is 12.3 Å². The fourth-order valence-electron chi connectivity index (χ4n) is 1.13. The molecule has 1 aromatic carbocycles. The van der Waals surface area contributed by atoms with E-state index in [9.17, 15) is 4.39 Å². The highest BCUT2D eigenvalue weighted by atomic mass is 79.9. The molecule has 0 unspecified atom stereocenters. The minimum Gasteiger partial charge on any atom is -0.291 e. The Morgan fingerprint density at radius 2 is 2.12 bits per heavy atom. The van der Waals surface area contributed by atoms with Crippen LogP contribution in [0.2, 0.25) is 0 Å². The molecule has 0 amide bonds. The Morgan fingerprint density at radius 3 is 2.69 bits per heavy atom. The van der Waals surface area contributed by atoms with Gasteiger partial charge in [0.1, 0.15) is 11.5 Å². The van der Waals surface area contributed by atoms with Crippen LogP contribution in [-0.2, 0) is 0 Å². The van der Waals surface area contributed by atoms with Crippen LogP contribution >= 0.6 is 15.9 Å². The van der Waals surface area contributed by atoms with Crippen molar-refractivity contribution in [3.8, 4) is 11.3 Å². The zero-order valence-corrected chi connectivity index (χ0v) is 9.57. The number of nitrogens with one attached hydrogen (secondary N) is 1. The molecule has 0 aliphatic heterocycles. The van der Waals surface area contributed by atoms with E-state index in [-0.39, 0.29) is 11.8 Å².